The van der Waals surface area contributed by atoms with Crippen molar-refractivity contribution in [2.75, 3.05) is 42.9 Å². The Morgan fingerprint density at radius 3 is 2.52 bits per heavy atom. The number of nitrogens with one attached hydrogen (secondary N) is 2. The fourth-order valence-electron chi connectivity index (χ4n) is 3.13. The zero-order valence-corrected chi connectivity index (χ0v) is 14.9. The number of amides is 1. The number of carbonyl (C=O) groups is 1. The number of nitrogens with zero attached hydrogens (tertiary/aromatic N) is 1. The van der Waals surface area contributed by atoms with Crippen LogP contribution in [-0.2, 0) is 0 Å². The Balaban J connectivity index is 1.81. The second kappa shape index (κ2) is 7.85. The Bertz CT molecular complexity index is 743. The van der Waals surface area contributed by atoms with Gasteiger partial charge >= 0.3 is 0 Å². The standard InChI is InChI=1S/C19H21ClFN3O/c1-2-23-10-12-24(13-11-23)18-16(20)4-3-5-17(18)22-19(25)14-6-8-15(21)9-7-14/h3-9H,2,10-13H2,1H3,(H,22,25)/p+1. The molecule has 1 aliphatic rings. The fourth-order valence-corrected chi connectivity index (χ4v) is 3.43. The van der Waals surface area contributed by atoms with Crippen LogP contribution in [0.5, 0.6) is 0 Å². The van der Waals surface area contributed by atoms with Crippen molar-refractivity contribution in [2.45, 2.75) is 6.92 Å². The number of para-hydroxylation sites is 1. The Labute approximate surface area is 152 Å². The minimum atomic E-state index is -0.365. The summed E-state index contributed by atoms with van der Waals surface area (Å²) in [7, 11) is 0. The molecule has 1 aliphatic heterocycles. The molecule has 0 radical (unpaired) electrons. The first-order chi connectivity index (χ1) is 12.1. The van der Waals surface area contributed by atoms with E-state index in [4.69, 9.17) is 11.6 Å². The van der Waals surface area contributed by atoms with Gasteiger partial charge in [0.05, 0.1) is 49.1 Å². The maximum Gasteiger partial charge on any atom is 0.255 e. The average molecular weight is 363 g/mol. The predicted octanol–water partition coefficient (Wildman–Crippen LogP) is 2.46. The molecule has 0 saturated carbocycles. The van der Waals surface area contributed by atoms with Gasteiger partial charge in [-0.3, -0.25) is 4.79 Å². The van der Waals surface area contributed by atoms with Gasteiger partial charge in [0.25, 0.3) is 5.91 Å². The molecule has 2 aromatic rings. The second-order valence-electron chi connectivity index (χ2n) is 6.19. The van der Waals surface area contributed by atoms with Crippen LogP contribution in [0.3, 0.4) is 0 Å². The van der Waals surface area contributed by atoms with Crippen molar-refractivity contribution in [1.82, 2.24) is 0 Å². The highest BCUT2D eigenvalue weighted by Gasteiger charge is 2.23. The summed E-state index contributed by atoms with van der Waals surface area (Å²) in [6.07, 6.45) is 0. The molecule has 0 aliphatic carbocycles. The number of hydrogen-bond donors (Lipinski definition) is 2. The topological polar surface area (TPSA) is 36.8 Å². The normalized spacial score (nSPS) is 15.2. The van der Waals surface area contributed by atoms with Crippen LogP contribution in [0.4, 0.5) is 15.8 Å². The van der Waals surface area contributed by atoms with E-state index in [0.29, 0.717) is 16.3 Å². The number of carbonyl (C=O) groups excluding carboxylic acids is 1. The van der Waals surface area contributed by atoms with Gasteiger partial charge in [-0.05, 0) is 43.3 Å². The van der Waals surface area contributed by atoms with E-state index in [1.54, 1.807) is 4.90 Å². The first kappa shape index (κ1) is 17.7. The number of hydrogen-bond acceptors (Lipinski definition) is 2. The van der Waals surface area contributed by atoms with Gasteiger partial charge in [-0.2, -0.15) is 0 Å². The van der Waals surface area contributed by atoms with Crippen LogP contribution in [0.15, 0.2) is 42.5 Å². The smallest absolute Gasteiger partial charge is 0.255 e. The lowest BCUT2D eigenvalue weighted by Crippen LogP contribution is -3.14. The van der Waals surface area contributed by atoms with Gasteiger partial charge in [0.15, 0.2) is 0 Å². The third-order valence-corrected chi connectivity index (χ3v) is 4.93. The lowest BCUT2D eigenvalue weighted by Gasteiger charge is -2.34. The average Bonchev–Trinajstić information content (AvgIpc) is 2.62. The van der Waals surface area contributed by atoms with Crippen molar-refractivity contribution in [2.24, 2.45) is 0 Å². The van der Waals surface area contributed by atoms with Crippen molar-refractivity contribution in [3.05, 3.63) is 58.9 Å². The van der Waals surface area contributed by atoms with E-state index in [0.717, 1.165) is 38.4 Å². The molecule has 0 atom stereocenters. The minimum absolute atomic E-state index is 0.277. The zero-order chi connectivity index (χ0) is 17.8. The molecule has 2 aromatic carbocycles. The van der Waals surface area contributed by atoms with Crippen LogP contribution < -0.4 is 15.1 Å². The molecular formula is C19H22ClFN3O+. The molecule has 1 saturated heterocycles. The lowest BCUT2D eigenvalue weighted by molar-refractivity contribution is -0.898. The van der Waals surface area contributed by atoms with Crippen molar-refractivity contribution < 1.29 is 14.1 Å². The molecule has 1 heterocycles. The molecule has 4 nitrogen and oxygen atoms in total. The first-order valence-corrected chi connectivity index (χ1v) is 8.90. The summed E-state index contributed by atoms with van der Waals surface area (Å²) in [5.74, 6) is -0.641. The van der Waals surface area contributed by atoms with Gasteiger partial charge in [0.2, 0.25) is 0 Å². The molecule has 6 heteroatoms. The minimum Gasteiger partial charge on any atom is -0.357 e. The molecule has 0 bridgehead atoms. The van der Waals surface area contributed by atoms with E-state index < -0.39 is 0 Å². The molecule has 0 spiro atoms. The molecule has 3 rings (SSSR count). The van der Waals surface area contributed by atoms with Gasteiger partial charge < -0.3 is 15.1 Å². The number of quaternary nitrogens is 1. The maximum absolute atomic E-state index is 13.0. The summed E-state index contributed by atoms with van der Waals surface area (Å²) in [6.45, 7) is 7.19. The number of rotatable bonds is 4. The Hall–Kier alpha value is -2.11. The molecule has 1 amide bonds. The fraction of sp³-hybridized carbons (Fsp3) is 0.316. The Kier molecular flexibility index (Phi) is 5.56. The van der Waals surface area contributed by atoms with Gasteiger partial charge in [0.1, 0.15) is 5.82 Å². The van der Waals surface area contributed by atoms with Crippen molar-refractivity contribution in [3.63, 3.8) is 0 Å². The first-order valence-electron chi connectivity index (χ1n) is 8.52. The van der Waals surface area contributed by atoms with Crippen LogP contribution in [0.2, 0.25) is 5.02 Å². The van der Waals surface area contributed by atoms with Gasteiger partial charge in [-0.15, -0.1) is 0 Å². The van der Waals surface area contributed by atoms with E-state index in [1.807, 2.05) is 18.2 Å². The molecule has 0 aromatic heterocycles. The van der Waals surface area contributed by atoms with E-state index in [-0.39, 0.29) is 11.7 Å². The predicted molar refractivity (Wildman–Crippen MR) is 99.3 cm³/mol. The third kappa shape index (κ3) is 4.11. The number of halogens is 2. The number of likely N-dealkylation sites (N-methyl/N-ethyl adjacent to an activating group) is 1. The number of anilines is 2. The van der Waals surface area contributed by atoms with E-state index in [1.165, 1.54) is 24.3 Å². The van der Waals surface area contributed by atoms with Crippen molar-refractivity contribution in [3.8, 4) is 0 Å². The summed E-state index contributed by atoms with van der Waals surface area (Å²) < 4.78 is 13.0. The molecule has 0 unspecified atom stereocenters. The van der Waals surface area contributed by atoms with Crippen LogP contribution >= 0.6 is 11.6 Å². The number of piperazine rings is 1. The SMILES string of the molecule is CC[NH+]1CCN(c2c(Cl)cccc2NC(=O)c2ccc(F)cc2)CC1. The molecule has 1 fully saturated rings. The molecule has 2 N–H and O–H groups in total. The molecular weight excluding hydrogens is 341 g/mol. The summed E-state index contributed by atoms with van der Waals surface area (Å²) in [5, 5.41) is 3.54. The molecule has 25 heavy (non-hydrogen) atoms. The van der Waals surface area contributed by atoms with Crippen molar-refractivity contribution in [1.29, 1.82) is 0 Å². The van der Waals surface area contributed by atoms with Crippen LogP contribution in [0.1, 0.15) is 17.3 Å². The van der Waals surface area contributed by atoms with Gasteiger partial charge in [-0.1, -0.05) is 17.7 Å². The highest BCUT2D eigenvalue weighted by atomic mass is 35.5. The third-order valence-electron chi connectivity index (χ3n) is 4.63. The highest BCUT2D eigenvalue weighted by molar-refractivity contribution is 6.34. The Morgan fingerprint density at radius 1 is 1.20 bits per heavy atom. The molecule has 132 valence electrons. The monoisotopic (exact) mass is 362 g/mol. The summed E-state index contributed by atoms with van der Waals surface area (Å²) in [4.78, 5) is 16.3. The summed E-state index contributed by atoms with van der Waals surface area (Å²) >= 11 is 6.43. The second-order valence-corrected chi connectivity index (χ2v) is 6.59. The van der Waals surface area contributed by atoms with Crippen molar-refractivity contribution >= 4 is 28.9 Å². The van der Waals surface area contributed by atoms with E-state index in [2.05, 4.69) is 17.1 Å². The van der Waals surface area contributed by atoms with Crippen LogP contribution in [0.25, 0.3) is 0 Å². The number of benzene rings is 2. The van der Waals surface area contributed by atoms with Crippen LogP contribution in [0, 0.1) is 5.82 Å². The van der Waals surface area contributed by atoms with Gasteiger partial charge in [-0.25, -0.2) is 4.39 Å². The van der Waals surface area contributed by atoms with E-state index >= 15 is 0 Å². The van der Waals surface area contributed by atoms with E-state index in [9.17, 15) is 9.18 Å². The lowest BCUT2D eigenvalue weighted by atomic mass is 10.1. The van der Waals surface area contributed by atoms with Crippen LogP contribution in [-0.4, -0.2) is 38.6 Å². The summed E-state index contributed by atoms with van der Waals surface area (Å²) in [6, 6.07) is 11.0. The zero-order valence-electron chi connectivity index (χ0n) is 14.2. The van der Waals surface area contributed by atoms with Gasteiger partial charge in [0, 0.05) is 5.56 Å². The maximum atomic E-state index is 13.0. The summed E-state index contributed by atoms with van der Waals surface area (Å²) in [5.41, 5.74) is 1.95. The largest absolute Gasteiger partial charge is 0.357 e. The quantitative estimate of drug-likeness (QED) is 0.876. The highest BCUT2D eigenvalue weighted by Crippen LogP contribution is 2.34. The Morgan fingerprint density at radius 2 is 1.88 bits per heavy atom.